The number of hydrogen-bond donors (Lipinski definition) is 0. The van der Waals surface area contributed by atoms with Crippen LogP contribution in [-0.4, -0.2) is 18.4 Å². The second kappa shape index (κ2) is 10.1. The van der Waals surface area contributed by atoms with E-state index in [1.807, 2.05) is 37.3 Å². The van der Waals surface area contributed by atoms with Gasteiger partial charge >= 0.3 is 5.97 Å². The van der Waals surface area contributed by atoms with Crippen LogP contribution in [0.1, 0.15) is 52.0 Å². The van der Waals surface area contributed by atoms with Crippen molar-refractivity contribution in [2.45, 2.75) is 52.9 Å². The number of rotatable bonds is 10. The summed E-state index contributed by atoms with van der Waals surface area (Å²) >= 11 is 0. The first kappa shape index (κ1) is 18.4. The fraction of sp³-hybridized carbons (Fsp3) is 0.579. The molecule has 0 N–H and O–H groups in total. The maximum Gasteiger partial charge on any atom is 0.316 e. The largest absolute Gasteiger partial charge is 0.465 e. The first-order valence-electron chi connectivity index (χ1n) is 8.34. The Morgan fingerprint density at radius 2 is 1.77 bits per heavy atom. The topological polar surface area (TPSA) is 43.4 Å². The van der Waals surface area contributed by atoms with E-state index >= 15 is 0 Å². The van der Waals surface area contributed by atoms with Gasteiger partial charge in [0.15, 0.2) is 0 Å². The molecule has 0 saturated carbocycles. The Balaban J connectivity index is 2.76. The predicted octanol–water partition coefficient (Wildman–Crippen LogP) is 4.19. The maximum absolute atomic E-state index is 12.7. The lowest BCUT2D eigenvalue weighted by Crippen LogP contribution is -2.32. The normalized spacial score (nSPS) is 13.4. The van der Waals surface area contributed by atoms with Gasteiger partial charge in [-0.1, -0.05) is 63.4 Å². The number of Topliss-reactive ketones (excluding diaryl/α,β-unsaturated/α-hetero) is 1. The summed E-state index contributed by atoms with van der Waals surface area (Å²) in [7, 11) is 0. The third-order valence-electron chi connectivity index (χ3n) is 3.92. The Morgan fingerprint density at radius 1 is 1.09 bits per heavy atom. The Kier molecular flexibility index (Phi) is 8.49. The molecular weight excluding hydrogens is 276 g/mol. The van der Waals surface area contributed by atoms with Gasteiger partial charge in [0.05, 0.1) is 6.61 Å². The minimum atomic E-state index is -0.682. The number of ether oxygens (including phenoxy) is 1. The van der Waals surface area contributed by atoms with E-state index in [-0.39, 0.29) is 11.7 Å². The van der Waals surface area contributed by atoms with Crippen LogP contribution in [0.25, 0.3) is 0 Å². The molecule has 0 aliphatic carbocycles. The van der Waals surface area contributed by atoms with Crippen LogP contribution in [0.4, 0.5) is 0 Å². The molecule has 0 saturated heterocycles. The molecule has 1 aromatic carbocycles. The molecule has 0 aliphatic rings. The van der Waals surface area contributed by atoms with Crippen LogP contribution in [0.3, 0.4) is 0 Å². The lowest BCUT2D eigenvalue weighted by Gasteiger charge is -2.19. The molecule has 0 aliphatic heterocycles. The number of ketones is 1. The van der Waals surface area contributed by atoms with Gasteiger partial charge in [-0.15, -0.1) is 0 Å². The summed E-state index contributed by atoms with van der Waals surface area (Å²) in [6, 6.07) is 9.67. The molecule has 0 heterocycles. The third-order valence-corrected chi connectivity index (χ3v) is 3.92. The van der Waals surface area contributed by atoms with Crippen LogP contribution in [0.5, 0.6) is 0 Å². The standard InChI is InChI=1S/C19H28O3/c1-4-6-8-11-15(3)18(20)17(19(21)22-5-2)14-16-12-9-7-10-13-16/h7,9-10,12-13,15,17H,4-6,8,11,14H2,1-3H3. The van der Waals surface area contributed by atoms with E-state index in [4.69, 9.17) is 4.74 Å². The number of carbonyl (C=O) groups excluding carboxylic acids is 2. The van der Waals surface area contributed by atoms with Gasteiger partial charge in [0, 0.05) is 5.92 Å². The van der Waals surface area contributed by atoms with Crippen LogP contribution < -0.4 is 0 Å². The molecule has 0 aromatic heterocycles. The second-order valence-corrected chi connectivity index (χ2v) is 5.79. The van der Waals surface area contributed by atoms with Crippen molar-refractivity contribution in [1.82, 2.24) is 0 Å². The molecule has 2 atom stereocenters. The van der Waals surface area contributed by atoms with E-state index in [1.165, 1.54) is 0 Å². The van der Waals surface area contributed by atoms with Gasteiger partial charge in [-0.2, -0.15) is 0 Å². The van der Waals surface area contributed by atoms with Crippen LogP contribution in [0, 0.1) is 11.8 Å². The van der Waals surface area contributed by atoms with Crippen molar-refractivity contribution < 1.29 is 14.3 Å². The van der Waals surface area contributed by atoms with Gasteiger partial charge in [0.2, 0.25) is 0 Å². The van der Waals surface area contributed by atoms with Gasteiger partial charge in [0.25, 0.3) is 0 Å². The van der Waals surface area contributed by atoms with Crippen LogP contribution >= 0.6 is 0 Å². The van der Waals surface area contributed by atoms with E-state index in [9.17, 15) is 9.59 Å². The van der Waals surface area contributed by atoms with Crippen molar-refractivity contribution in [1.29, 1.82) is 0 Å². The Hall–Kier alpha value is -1.64. The highest BCUT2D eigenvalue weighted by molar-refractivity contribution is 6.00. The van der Waals surface area contributed by atoms with Gasteiger partial charge in [-0.05, 0) is 25.3 Å². The van der Waals surface area contributed by atoms with Crippen molar-refractivity contribution in [3.05, 3.63) is 35.9 Å². The number of esters is 1. The van der Waals surface area contributed by atoms with Crippen molar-refractivity contribution in [3.63, 3.8) is 0 Å². The summed E-state index contributed by atoms with van der Waals surface area (Å²) in [5.41, 5.74) is 0.995. The van der Waals surface area contributed by atoms with E-state index < -0.39 is 11.9 Å². The molecule has 0 fully saturated rings. The SMILES string of the molecule is CCCCCC(C)C(=O)C(Cc1ccccc1)C(=O)OCC. The number of benzene rings is 1. The Labute approximate surface area is 134 Å². The molecule has 0 amide bonds. The van der Waals surface area contributed by atoms with Gasteiger partial charge in [-0.3, -0.25) is 9.59 Å². The molecule has 3 nitrogen and oxygen atoms in total. The molecule has 1 aromatic rings. The Bertz CT molecular complexity index is 453. The van der Waals surface area contributed by atoms with Crippen molar-refractivity contribution in [3.8, 4) is 0 Å². The fourth-order valence-electron chi connectivity index (χ4n) is 2.58. The summed E-state index contributed by atoms with van der Waals surface area (Å²) in [5, 5.41) is 0. The van der Waals surface area contributed by atoms with Crippen molar-refractivity contribution >= 4 is 11.8 Å². The van der Waals surface area contributed by atoms with Crippen molar-refractivity contribution in [2.75, 3.05) is 6.61 Å². The monoisotopic (exact) mass is 304 g/mol. The second-order valence-electron chi connectivity index (χ2n) is 5.79. The van der Waals surface area contributed by atoms with Crippen LogP contribution in [-0.2, 0) is 20.7 Å². The molecule has 1 rings (SSSR count). The van der Waals surface area contributed by atoms with E-state index in [1.54, 1.807) is 6.92 Å². The Morgan fingerprint density at radius 3 is 2.36 bits per heavy atom. The highest BCUT2D eigenvalue weighted by Crippen LogP contribution is 2.20. The summed E-state index contributed by atoms with van der Waals surface area (Å²) in [6.45, 7) is 6.15. The number of hydrogen-bond acceptors (Lipinski definition) is 3. The molecule has 0 spiro atoms. The number of unbranched alkanes of at least 4 members (excludes halogenated alkanes) is 2. The van der Waals surface area contributed by atoms with Crippen LogP contribution in [0.15, 0.2) is 30.3 Å². The highest BCUT2D eigenvalue weighted by Gasteiger charge is 2.31. The summed E-state index contributed by atoms with van der Waals surface area (Å²) in [5.74, 6) is -1.15. The predicted molar refractivity (Wildman–Crippen MR) is 88.6 cm³/mol. The van der Waals surface area contributed by atoms with Crippen LogP contribution in [0.2, 0.25) is 0 Å². The highest BCUT2D eigenvalue weighted by atomic mass is 16.5. The molecule has 0 bridgehead atoms. The van der Waals surface area contributed by atoms with Gasteiger partial charge < -0.3 is 4.74 Å². The van der Waals surface area contributed by atoms with Gasteiger partial charge in [0.1, 0.15) is 11.7 Å². The maximum atomic E-state index is 12.7. The average molecular weight is 304 g/mol. The molecule has 0 radical (unpaired) electrons. The summed E-state index contributed by atoms with van der Waals surface area (Å²) in [6.07, 6.45) is 4.56. The van der Waals surface area contributed by atoms with E-state index in [0.29, 0.717) is 13.0 Å². The van der Waals surface area contributed by atoms with E-state index in [0.717, 1.165) is 31.2 Å². The van der Waals surface area contributed by atoms with Gasteiger partial charge in [-0.25, -0.2) is 0 Å². The zero-order chi connectivity index (χ0) is 16.4. The summed E-state index contributed by atoms with van der Waals surface area (Å²) < 4.78 is 5.11. The molecule has 122 valence electrons. The first-order valence-corrected chi connectivity index (χ1v) is 8.34. The quantitative estimate of drug-likeness (QED) is 0.370. The molecular formula is C19H28O3. The minimum Gasteiger partial charge on any atom is -0.465 e. The zero-order valence-corrected chi connectivity index (χ0v) is 14.0. The first-order chi connectivity index (χ1) is 10.6. The molecule has 2 unspecified atom stereocenters. The number of carbonyl (C=O) groups is 2. The van der Waals surface area contributed by atoms with Crippen molar-refractivity contribution in [2.24, 2.45) is 11.8 Å². The lowest BCUT2D eigenvalue weighted by atomic mass is 9.86. The van der Waals surface area contributed by atoms with E-state index in [2.05, 4.69) is 6.92 Å². The smallest absolute Gasteiger partial charge is 0.316 e. The lowest BCUT2D eigenvalue weighted by molar-refractivity contribution is -0.152. The molecule has 22 heavy (non-hydrogen) atoms. The fourth-order valence-corrected chi connectivity index (χ4v) is 2.58. The third kappa shape index (κ3) is 6.00. The average Bonchev–Trinajstić information content (AvgIpc) is 2.53. The minimum absolute atomic E-state index is 0.0124. The summed E-state index contributed by atoms with van der Waals surface area (Å²) in [4.78, 5) is 24.8. The zero-order valence-electron chi connectivity index (χ0n) is 14.0. The molecule has 3 heteroatoms.